The van der Waals surface area contributed by atoms with Gasteiger partial charge in [-0.1, -0.05) is 31.4 Å². The second kappa shape index (κ2) is 7.50. The molecule has 2 saturated heterocycles. The minimum Gasteiger partial charge on any atom is -0.494 e. The molecule has 0 aromatic heterocycles. The molecule has 0 bridgehead atoms. The first kappa shape index (κ1) is 18.3. The minimum absolute atomic E-state index is 0.0236. The van der Waals surface area contributed by atoms with Crippen LogP contribution in [-0.4, -0.2) is 47.1 Å². The monoisotopic (exact) mass is 371 g/mol. The number of benzene rings is 1. The molecule has 3 fully saturated rings. The molecule has 6 heteroatoms. The predicted octanol–water partition coefficient (Wildman–Crippen LogP) is 3.43. The van der Waals surface area contributed by atoms with Crippen molar-refractivity contribution in [1.29, 1.82) is 0 Å². The fourth-order valence-electron chi connectivity index (χ4n) is 4.81. The number of rotatable bonds is 5. The van der Waals surface area contributed by atoms with Gasteiger partial charge in [0.15, 0.2) is 0 Å². The van der Waals surface area contributed by atoms with E-state index in [4.69, 9.17) is 4.74 Å². The van der Waals surface area contributed by atoms with Crippen molar-refractivity contribution in [3.05, 3.63) is 29.8 Å². The summed E-state index contributed by atoms with van der Waals surface area (Å²) in [5.74, 6) is 0.851. The average Bonchev–Trinajstić information content (AvgIpc) is 3.23. The number of carbonyl (C=O) groups is 2. The molecule has 1 aromatic carbocycles. The van der Waals surface area contributed by atoms with Crippen molar-refractivity contribution < 1.29 is 14.3 Å². The molecule has 1 aliphatic carbocycles. The first-order valence-corrected chi connectivity index (χ1v) is 10.2. The van der Waals surface area contributed by atoms with Crippen LogP contribution >= 0.6 is 0 Å². The summed E-state index contributed by atoms with van der Waals surface area (Å²) < 4.78 is 5.53. The maximum atomic E-state index is 13.0. The molecule has 0 unspecified atom stereocenters. The summed E-state index contributed by atoms with van der Waals surface area (Å²) in [6, 6.07) is 8.22. The topological polar surface area (TPSA) is 61.9 Å². The van der Waals surface area contributed by atoms with Crippen molar-refractivity contribution in [2.24, 2.45) is 0 Å². The molecule has 2 heterocycles. The smallest absolute Gasteiger partial charge is 0.326 e. The van der Waals surface area contributed by atoms with Crippen molar-refractivity contribution in [3.8, 4) is 5.75 Å². The van der Waals surface area contributed by atoms with E-state index in [1.54, 1.807) is 0 Å². The lowest BCUT2D eigenvalue weighted by molar-refractivity contribution is -0.134. The van der Waals surface area contributed by atoms with Crippen LogP contribution in [0.3, 0.4) is 0 Å². The van der Waals surface area contributed by atoms with Gasteiger partial charge in [0, 0.05) is 12.6 Å². The van der Waals surface area contributed by atoms with Gasteiger partial charge >= 0.3 is 6.03 Å². The van der Waals surface area contributed by atoms with Gasteiger partial charge in [0.1, 0.15) is 11.3 Å². The second-order valence-corrected chi connectivity index (χ2v) is 7.92. The molecule has 0 radical (unpaired) electrons. The summed E-state index contributed by atoms with van der Waals surface area (Å²) >= 11 is 0. The van der Waals surface area contributed by atoms with Crippen LogP contribution in [0.15, 0.2) is 24.3 Å². The molecular formula is C21H29N3O3. The lowest BCUT2D eigenvalue weighted by Crippen LogP contribution is -2.49. The van der Waals surface area contributed by atoms with Gasteiger partial charge in [0.25, 0.3) is 5.91 Å². The standard InChI is InChI=1S/C21H29N3O3/c1-2-27-17-10-8-16(9-11-17)18-7-6-14-23(18)15-24-19(25)21(22-20(24)26)12-4-3-5-13-21/h8-11,18H,2-7,12-15H2,1H3,(H,22,26)/t18-/m0/s1. The van der Waals surface area contributed by atoms with Crippen LogP contribution in [0.5, 0.6) is 5.75 Å². The Bertz CT molecular complexity index is 697. The Morgan fingerprint density at radius 3 is 2.56 bits per heavy atom. The predicted molar refractivity (Wildman–Crippen MR) is 102 cm³/mol. The maximum Gasteiger partial charge on any atom is 0.326 e. The molecule has 146 valence electrons. The fourth-order valence-corrected chi connectivity index (χ4v) is 4.81. The molecule has 1 spiro atoms. The highest BCUT2D eigenvalue weighted by molar-refractivity contribution is 6.07. The highest BCUT2D eigenvalue weighted by atomic mass is 16.5. The van der Waals surface area contributed by atoms with E-state index in [-0.39, 0.29) is 18.0 Å². The zero-order valence-electron chi connectivity index (χ0n) is 16.1. The molecule has 3 amide bonds. The summed E-state index contributed by atoms with van der Waals surface area (Å²) in [6.45, 7) is 3.92. The van der Waals surface area contributed by atoms with E-state index in [1.165, 1.54) is 10.5 Å². The highest BCUT2D eigenvalue weighted by Gasteiger charge is 2.51. The van der Waals surface area contributed by atoms with Crippen LogP contribution in [0.2, 0.25) is 0 Å². The Kier molecular flexibility index (Phi) is 5.08. The Balaban J connectivity index is 1.46. The van der Waals surface area contributed by atoms with Crippen LogP contribution in [-0.2, 0) is 4.79 Å². The Hall–Kier alpha value is -2.08. The van der Waals surface area contributed by atoms with E-state index in [1.807, 2.05) is 19.1 Å². The molecule has 4 rings (SSSR count). The van der Waals surface area contributed by atoms with Gasteiger partial charge in [0.05, 0.1) is 13.3 Å². The number of hydrogen-bond acceptors (Lipinski definition) is 4. The van der Waals surface area contributed by atoms with E-state index in [9.17, 15) is 9.59 Å². The molecule has 3 aliphatic rings. The largest absolute Gasteiger partial charge is 0.494 e. The van der Waals surface area contributed by atoms with Crippen molar-refractivity contribution in [2.75, 3.05) is 19.8 Å². The zero-order chi connectivity index (χ0) is 18.9. The molecule has 2 aliphatic heterocycles. The van der Waals surface area contributed by atoms with Crippen molar-refractivity contribution in [2.45, 2.75) is 63.5 Å². The molecule has 27 heavy (non-hydrogen) atoms. The van der Waals surface area contributed by atoms with Gasteiger partial charge < -0.3 is 10.1 Å². The molecule has 1 atom stereocenters. The SMILES string of the molecule is CCOc1ccc([C@@H]2CCCN2CN2C(=O)NC3(CCCCC3)C2=O)cc1. The third-order valence-electron chi connectivity index (χ3n) is 6.22. The van der Waals surface area contributed by atoms with Crippen LogP contribution in [0.4, 0.5) is 4.79 Å². The molecule has 6 nitrogen and oxygen atoms in total. The summed E-state index contributed by atoms with van der Waals surface area (Å²) in [7, 11) is 0. The zero-order valence-corrected chi connectivity index (χ0v) is 16.1. The normalized spacial score (nSPS) is 25.2. The van der Waals surface area contributed by atoms with Crippen LogP contribution in [0.25, 0.3) is 0 Å². The molecular weight excluding hydrogens is 342 g/mol. The number of carbonyl (C=O) groups excluding carboxylic acids is 2. The quantitative estimate of drug-likeness (QED) is 0.806. The molecule has 1 N–H and O–H groups in total. The lowest BCUT2D eigenvalue weighted by atomic mass is 9.82. The van der Waals surface area contributed by atoms with E-state index < -0.39 is 5.54 Å². The lowest BCUT2D eigenvalue weighted by Gasteiger charge is -2.32. The summed E-state index contributed by atoms with van der Waals surface area (Å²) in [6.07, 6.45) is 6.84. The number of likely N-dealkylation sites (tertiary alicyclic amines) is 1. The van der Waals surface area contributed by atoms with E-state index >= 15 is 0 Å². The van der Waals surface area contributed by atoms with Crippen LogP contribution in [0.1, 0.15) is 63.5 Å². The van der Waals surface area contributed by atoms with Gasteiger partial charge in [-0.15, -0.1) is 0 Å². The average molecular weight is 371 g/mol. The fraction of sp³-hybridized carbons (Fsp3) is 0.619. The first-order chi connectivity index (χ1) is 13.1. The summed E-state index contributed by atoms with van der Waals surface area (Å²) in [4.78, 5) is 29.3. The number of amides is 3. The number of urea groups is 1. The number of imide groups is 1. The van der Waals surface area contributed by atoms with E-state index in [0.29, 0.717) is 13.3 Å². The third-order valence-corrected chi connectivity index (χ3v) is 6.22. The Labute approximate surface area is 160 Å². The number of ether oxygens (including phenoxy) is 1. The minimum atomic E-state index is -0.635. The van der Waals surface area contributed by atoms with Crippen molar-refractivity contribution in [3.63, 3.8) is 0 Å². The Morgan fingerprint density at radius 1 is 1.11 bits per heavy atom. The van der Waals surface area contributed by atoms with Gasteiger partial charge in [-0.05, 0) is 50.3 Å². The van der Waals surface area contributed by atoms with E-state index in [2.05, 4.69) is 22.3 Å². The highest BCUT2D eigenvalue weighted by Crippen LogP contribution is 2.36. The Morgan fingerprint density at radius 2 is 1.85 bits per heavy atom. The van der Waals surface area contributed by atoms with Crippen molar-refractivity contribution >= 4 is 11.9 Å². The molecule has 1 saturated carbocycles. The first-order valence-electron chi connectivity index (χ1n) is 10.2. The van der Waals surface area contributed by atoms with Gasteiger partial charge in [-0.3, -0.25) is 9.69 Å². The summed E-state index contributed by atoms with van der Waals surface area (Å²) in [5, 5.41) is 3.01. The number of nitrogens with zero attached hydrogens (tertiary/aromatic N) is 2. The number of hydrogen-bond donors (Lipinski definition) is 1. The summed E-state index contributed by atoms with van der Waals surface area (Å²) in [5.41, 5.74) is 0.583. The van der Waals surface area contributed by atoms with Gasteiger partial charge in [-0.2, -0.15) is 0 Å². The van der Waals surface area contributed by atoms with Gasteiger partial charge in [0.2, 0.25) is 0 Å². The van der Waals surface area contributed by atoms with Gasteiger partial charge in [-0.25, -0.2) is 9.69 Å². The molecule has 1 aromatic rings. The van der Waals surface area contributed by atoms with E-state index in [0.717, 1.165) is 57.2 Å². The van der Waals surface area contributed by atoms with Crippen molar-refractivity contribution in [1.82, 2.24) is 15.1 Å². The maximum absolute atomic E-state index is 13.0. The second-order valence-electron chi connectivity index (χ2n) is 7.92. The third kappa shape index (κ3) is 3.43. The van der Waals surface area contributed by atoms with Crippen LogP contribution in [0, 0.1) is 0 Å². The van der Waals surface area contributed by atoms with Crippen LogP contribution < -0.4 is 10.1 Å². The number of nitrogens with one attached hydrogen (secondary N) is 1.